The Labute approximate surface area is 228 Å². The van der Waals surface area contributed by atoms with E-state index in [4.69, 9.17) is 11.6 Å². The number of carbonyl (C=O) groups is 1. The number of amides is 1. The Balaban J connectivity index is 0.00000115. The summed E-state index contributed by atoms with van der Waals surface area (Å²) >= 11 is 6.05. The molecule has 4 N–H and O–H groups in total. The van der Waals surface area contributed by atoms with E-state index in [2.05, 4.69) is 16.2 Å². The SMILES string of the molecule is CC.CC.CN(CC1NNC2=C1CCC2)C(=O)c1ccc(CCNCC(O)C2=CC=C(Cl)N(C)C2)cc1. The van der Waals surface area contributed by atoms with Crippen molar-refractivity contribution >= 4 is 17.5 Å². The van der Waals surface area contributed by atoms with Crippen molar-refractivity contribution in [2.45, 2.75) is 65.5 Å². The topological polar surface area (TPSA) is 79.9 Å². The highest BCUT2D eigenvalue weighted by Gasteiger charge is 2.30. The molecular weight excluding hydrogens is 486 g/mol. The van der Waals surface area contributed by atoms with E-state index in [0.29, 0.717) is 30.4 Å². The Kier molecular flexibility index (Phi) is 13.2. The highest BCUT2D eigenvalue weighted by atomic mass is 35.5. The molecule has 8 heteroatoms. The number of halogens is 1. The molecule has 2 heterocycles. The molecule has 37 heavy (non-hydrogen) atoms. The van der Waals surface area contributed by atoms with Gasteiger partial charge in [0.05, 0.1) is 12.1 Å². The summed E-state index contributed by atoms with van der Waals surface area (Å²) in [6.07, 6.45) is 7.42. The molecule has 0 saturated carbocycles. The first-order valence-corrected chi connectivity index (χ1v) is 14.0. The van der Waals surface area contributed by atoms with Gasteiger partial charge in [0.15, 0.2) is 0 Å². The fourth-order valence-corrected chi connectivity index (χ4v) is 4.75. The summed E-state index contributed by atoms with van der Waals surface area (Å²) in [5.74, 6) is 0.0384. The van der Waals surface area contributed by atoms with E-state index in [0.717, 1.165) is 36.9 Å². The molecule has 0 saturated heterocycles. The van der Waals surface area contributed by atoms with Gasteiger partial charge in [-0.3, -0.25) is 4.79 Å². The maximum atomic E-state index is 12.9. The van der Waals surface area contributed by atoms with Crippen LogP contribution in [0.5, 0.6) is 0 Å². The second kappa shape index (κ2) is 15.8. The molecule has 1 aromatic carbocycles. The number of hydrogen-bond acceptors (Lipinski definition) is 6. The van der Waals surface area contributed by atoms with Crippen molar-refractivity contribution in [3.05, 3.63) is 69.5 Å². The van der Waals surface area contributed by atoms with Crippen molar-refractivity contribution in [3.8, 4) is 0 Å². The lowest BCUT2D eigenvalue weighted by atomic mass is 10.1. The summed E-state index contributed by atoms with van der Waals surface area (Å²) in [5.41, 5.74) is 12.1. The highest BCUT2D eigenvalue weighted by Crippen LogP contribution is 2.30. The number of likely N-dealkylation sites (N-methyl/N-ethyl adjacent to an activating group) is 2. The lowest BCUT2D eigenvalue weighted by Gasteiger charge is -2.26. The fourth-order valence-electron chi connectivity index (χ4n) is 4.63. The second-order valence-corrected chi connectivity index (χ2v) is 9.51. The Morgan fingerprint density at radius 2 is 1.89 bits per heavy atom. The lowest BCUT2D eigenvalue weighted by Crippen LogP contribution is -2.43. The number of aliphatic hydroxyl groups excluding tert-OH is 1. The van der Waals surface area contributed by atoms with E-state index in [9.17, 15) is 9.90 Å². The molecule has 0 bridgehead atoms. The van der Waals surface area contributed by atoms with Gasteiger partial charge in [0.25, 0.3) is 5.91 Å². The van der Waals surface area contributed by atoms with Crippen LogP contribution in [0.4, 0.5) is 0 Å². The molecule has 1 amide bonds. The van der Waals surface area contributed by atoms with Crippen LogP contribution in [-0.4, -0.2) is 73.2 Å². The van der Waals surface area contributed by atoms with Gasteiger partial charge in [-0.05, 0) is 67.1 Å². The van der Waals surface area contributed by atoms with Crippen molar-refractivity contribution in [2.24, 2.45) is 0 Å². The van der Waals surface area contributed by atoms with Crippen LogP contribution in [0.2, 0.25) is 0 Å². The van der Waals surface area contributed by atoms with Crippen molar-refractivity contribution in [1.82, 2.24) is 26.0 Å². The van der Waals surface area contributed by atoms with E-state index in [1.54, 1.807) is 4.90 Å². The fraction of sp³-hybridized carbons (Fsp3) is 0.552. The summed E-state index contributed by atoms with van der Waals surface area (Å²) < 4.78 is 0. The Morgan fingerprint density at radius 3 is 2.57 bits per heavy atom. The molecule has 1 aromatic rings. The second-order valence-electron chi connectivity index (χ2n) is 9.12. The van der Waals surface area contributed by atoms with Gasteiger partial charge in [-0.1, -0.05) is 57.5 Å². The van der Waals surface area contributed by atoms with Crippen molar-refractivity contribution in [2.75, 3.05) is 40.3 Å². The largest absolute Gasteiger partial charge is 0.387 e. The number of benzene rings is 1. The van der Waals surface area contributed by atoms with Crippen LogP contribution in [0, 0.1) is 0 Å². The van der Waals surface area contributed by atoms with Gasteiger partial charge in [-0.2, -0.15) is 0 Å². The number of hydrazine groups is 1. The summed E-state index contributed by atoms with van der Waals surface area (Å²) in [6.45, 7) is 10.5. The molecule has 7 nitrogen and oxygen atoms in total. The average Bonchev–Trinajstić information content (AvgIpc) is 3.55. The molecule has 2 aliphatic heterocycles. The minimum Gasteiger partial charge on any atom is -0.387 e. The van der Waals surface area contributed by atoms with Crippen LogP contribution in [0.3, 0.4) is 0 Å². The Bertz CT molecular complexity index is 958. The van der Waals surface area contributed by atoms with Gasteiger partial charge in [-0.15, -0.1) is 0 Å². The predicted molar refractivity (Wildman–Crippen MR) is 154 cm³/mol. The van der Waals surface area contributed by atoms with Crippen LogP contribution in [0.15, 0.2) is 58.4 Å². The van der Waals surface area contributed by atoms with E-state index in [-0.39, 0.29) is 11.9 Å². The summed E-state index contributed by atoms with van der Waals surface area (Å²) in [6, 6.07) is 8.04. The molecule has 0 aromatic heterocycles. The monoisotopic (exact) mass is 531 g/mol. The molecular formula is C29H46ClN5O2. The summed E-state index contributed by atoms with van der Waals surface area (Å²) in [7, 11) is 3.77. The van der Waals surface area contributed by atoms with E-state index >= 15 is 0 Å². The van der Waals surface area contributed by atoms with E-state index in [1.807, 2.05) is 83.1 Å². The summed E-state index contributed by atoms with van der Waals surface area (Å²) in [4.78, 5) is 16.6. The van der Waals surface area contributed by atoms with Crippen LogP contribution in [-0.2, 0) is 6.42 Å². The molecule has 206 valence electrons. The van der Waals surface area contributed by atoms with Crippen LogP contribution >= 0.6 is 11.6 Å². The normalized spacial score (nSPS) is 18.9. The third-order valence-corrected chi connectivity index (χ3v) is 7.07. The Morgan fingerprint density at radius 1 is 1.19 bits per heavy atom. The first-order valence-electron chi connectivity index (χ1n) is 13.7. The highest BCUT2D eigenvalue weighted by molar-refractivity contribution is 6.29. The number of nitrogens with zero attached hydrogens (tertiary/aromatic N) is 2. The molecule has 0 radical (unpaired) electrons. The maximum absolute atomic E-state index is 12.9. The molecule has 2 atom stereocenters. The smallest absolute Gasteiger partial charge is 0.253 e. The van der Waals surface area contributed by atoms with E-state index < -0.39 is 6.10 Å². The number of allylic oxidation sites excluding steroid dienone is 3. The quantitative estimate of drug-likeness (QED) is 0.283. The zero-order chi connectivity index (χ0) is 27.4. The van der Waals surface area contributed by atoms with Gasteiger partial charge >= 0.3 is 0 Å². The van der Waals surface area contributed by atoms with Crippen molar-refractivity contribution in [1.29, 1.82) is 0 Å². The van der Waals surface area contributed by atoms with Crippen molar-refractivity contribution in [3.63, 3.8) is 0 Å². The molecule has 1 aliphatic carbocycles. The number of aliphatic hydroxyl groups is 1. The van der Waals surface area contributed by atoms with E-state index in [1.165, 1.54) is 17.7 Å². The average molecular weight is 532 g/mol. The molecule has 4 rings (SSSR count). The number of nitrogens with one attached hydrogen (secondary N) is 3. The number of rotatable bonds is 9. The van der Waals surface area contributed by atoms with Gasteiger partial charge in [0, 0.05) is 45.0 Å². The molecule has 2 unspecified atom stereocenters. The molecule has 3 aliphatic rings. The third-order valence-electron chi connectivity index (χ3n) is 6.66. The lowest BCUT2D eigenvalue weighted by molar-refractivity contribution is 0.0786. The first kappa shape index (κ1) is 30.9. The zero-order valence-electron chi connectivity index (χ0n) is 23.4. The van der Waals surface area contributed by atoms with Gasteiger partial charge in [0.1, 0.15) is 5.16 Å². The zero-order valence-corrected chi connectivity index (χ0v) is 24.2. The van der Waals surface area contributed by atoms with Gasteiger partial charge in [0.2, 0.25) is 0 Å². The van der Waals surface area contributed by atoms with Gasteiger partial charge in [-0.25, -0.2) is 5.43 Å². The third kappa shape index (κ3) is 8.60. The summed E-state index contributed by atoms with van der Waals surface area (Å²) in [5, 5.41) is 14.4. The number of hydrogen-bond donors (Lipinski definition) is 4. The molecule has 0 spiro atoms. The standard InChI is InChI=1S/C25H34ClN5O2.2C2H6/c1-30-15-19(10-11-24(30)26)23(32)14-27-13-12-17-6-8-18(9-7-17)25(33)31(2)16-22-20-4-3-5-21(20)28-29-22;2*1-2/h6-11,22-23,27-29,32H,3-5,12-16H2,1-2H3;2*1-2H3. The Hall–Kier alpha value is -2.32. The first-order chi connectivity index (χ1) is 17.9. The number of carbonyl (C=O) groups excluding carboxylic acids is 1. The van der Waals surface area contributed by atoms with Crippen LogP contribution in [0.1, 0.15) is 62.9 Å². The maximum Gasteiger partial charge on any atom is 0.253 e. The minimum absolute atomic E-state index is 0.0384. The predicted octanol–water partition coefficient (Wildman–Crippen LogP) is 4.17. The minimum atomic E-state index is -0.537. The van der Waals surface area contributed by atoms with Gasteiger partial charge < -0.3 is 25.6 Å². The van der Waals surface area contributed by atoms with Crippen LogP contribution < -0.4 is 16.2 Å². The van der Waals surface area contributed by atoms with Crippen LogP contribution in [0.25, 0.3) is 0 Å². The van der Waals surface area contributed by atoms with Crippen molar-refractivity contribution < 1.29 is 9.90 Å². The molecule has 0 fully saturated rings.